The van der Waals surface area contributed by atoms with Gasteiger partial charge in [-0.25, -0.2) is 9.97 Å². The van der Waals surface area contributed by atoms with E-state index in [0.717, 1.165) is 41.2 Å². The van der Waals surface area contributed by atoms with E-state index < -0.39 is 0 Å². The standard InChI is InChI=1S/C16H21N3O/c1-4-13(17)10-14-7-8-18-16(19-14)12-5-6-15(20-3)11(2)9-12/h5-9,13H,4,10,17H2,1-3H3. The molecule has 1 unspecified atom stereocenters. The molecule has 1 aromatic carbocycles. The number of nitrogens with zero attached hydrogens (tertiary/aromatic N) is 2. The molecule has 0 aliphatic carbocycles. The summed E-state index contributed by atoms with van der Waals surface area (Å²) in [6, 6.07) is 8.03. The molecular formula is C16H21N3O. The fourth-order valence-electron chi connectivity index (χ4n) is 2.08. The van der Waals surface area contributed by atoms with Crippen molar-refractivity contribution in [2.45, 2.75) is 32.7 Å². The monoisotopic (exact) mass is 271 g/mol. The van der Waals surface area contributed by atoms with Crippen LogP contribution in [0.3, 0.4) is 0 Å². The van der Waals surface area contributed by atoms with E-state index in [1.165, 1.54) is 0 Å². The Kier molecular flexibility index (Phi) is 4.69. The lowest BCUT2D eigenvalue weighted by Gasteiger charge is -2.10. The van der Waals surface area contributed by atoms with Gasteiger partial charge in [0.25, 0.3) is 0 Å². The Hall–Kier alpha value is -1.94. The first-order chi connectivity index (χ1) is 9.63. The van der Waals surface area contributed by atoms with Gasteiger partial charge in [-0.05, 0) is 43.2 Å². The molecule has 1 atom stereocenters. The maximum atomic E-state index is 5.98. The van der Waals surface area contributed by atoms with E-state index in [9.17, 15) is 0 Å². The molecule has 20 heavy (non-hydrogen) atoms. The first-order valence-corrected chi connectivity index (χ1v) is 6.86. The van der Waals surface area contributed by atoms with Crippen LogP contribution in [0, 0.1) is 6.92 Å². The number of hydrogen-bond donors (Lipinski definition) is 1. The Morgan fingerprint density at radius 1 is 1.30 bits per heavy atom. The first-order valence-electron chi connectivity index (χ1n) is 6.86. The summed E-state index contributed by atoms with van der Waals surface area (Å²) >= 11 is 0. The Morgan fingerprint density at radius 3 is 2.75 bits per heavy atom. The number of aryl methyl sites for hydroxylation is 1. The molecule has 2 N–H and O–H groups in total. The van der Waals surface area contributed by atoms with Crippen molar-refractivity contribution in [3.8, 4) is 17.1 Å². The van der Waals surface area contributed by atoms with Gasteiger partial charge in [-0.15, -0.1) is 0 Å². The number of nitrogens with two attached hydrogens (primary N) is 1. The molecule has 0 spiro atoms. The van der Waals surface area contributed by atoms with Crippen molar-refractivity contribution in [2.75, 3.05) is 7.11 Å². The summed E-state index contributed by atoms with van der Waals surface area (Å²) in [7, 11) is 1.67. The van der Waals surface area contributed by atoms with E-state index in [-0.39, 0.29) is 6.04 Å². The van der Waals surface area contributed by atoms with E-state index in [2.05, 4.69) is 16.9 Å². The highest BCUT2D eigenvalue weighted by molar-refractivity contribution is 5.58. The smallest absolute Gasteiger partial charge is 0.159 e. The topological polar surface area (TPSA) is 61.0 Å². The molecule has 2 aromatic rings. The Balaban J connectivity index is 2.28. The normalized spacial score (nSPS) is 12.2. The second-order valence-electron chi connectivity index (χ2n) is 4.93. The van der Waals surface area contributed by atoms with Crippen molar-refractivity contribution in [2.24, 2.45) is 5.73 Å². The molecule has 1 heterocycles. The molecule has 1 aromatic heterocycles. The first kappa shape index (κ1) is 14.5. The van der Waals surface area contributed by atoms with Crippen LogP contribution in [0.25, 0.3) is 11.4 Å². The van der Waals surface area contributed by atoms with Crippen molar-refractivity contribution < 1.29 is 4.74 Å². The highest BCUT2D eigenvalue weighted by Crippen LogP contribution is 2.23. The SMILES string of the molecule is CCC(N)Cc1ccnc(-c2ccc(OC)c(C)c2)n1. The van der Waals surface area contributed by atoms with E-state index in [4.69, 9.17) is 10.5 Å². The van der Waals surface area contributed by atoms with Gasteiger partial charge >= 0.3 is 0 Å². The summed E-state index contributed by atoms with van der Waals surface area (Å²) < 4.78 is 5.27. The quantitative estimate of drug-likeness (QED) is 0.908. The summed E-state index contributed by atoms with van der Waals surface area (Å²) in [4.78, 5) is 8.94. The lowest BCUT2D eigenvalue weighted by Crippen LogP contribution is -2.22. The minimum atomic E-state index is 0.148. The van der Waals surface area contributed by atoms with Crippen LogP contribution in [0.1, 0.15) is 24.6 Å². The van der Waals surface area contributed by atoms with E-state index in [1.807, 2.05) is 31.2 Å². The maximum absolute atomic E-state index is 5.98. The third-order valence-electron chi connectivity index (χ3n) is 3.36. The third-order valence-corrected chi connectivity index (χ3v) is 3.36. The Morgan fingerprint density at radius 2 is 2.10 bits per heavy atom. The molecule has 106 valence electrons. The van der Waals surface area contributed by atoms with Crippen LogP contribution in [0.15, 0.2) is 30.5 Å². The van der Waals surface area contributed by atoms with Gasteiger partial charge < -0.3 is 10.5 Å². The molecule has 0 bridgehead atoms. The van der Waals surface area contributed by atoms with Crippen molar-refractivity contribution >= 4 is 0 Å². The van der Waals surface area contributed by atoms with E-state index >= 15 is 0 Å². The summed E-state index contributed by atoms with van der Waals surface area (Å²) in [6.45, 7) is 4.10. The second-order valence-corrected chi connectivity index (χ2v) is 4.93. The molecule has 2 rings (SSSR count). The predicted octanol–water partition coefficient (Wildman–Crippen LogP) is 2.74. The second kappa shape index (κ2) is 6.48. The molecule has 4 heteroatoms. The molecule has 0 saturated carbocycles. The Bertz CT molecular complexity index is 584. The van der Waals surface area contributed by atoms with Crippen LogP contribution in [-0.2, 0) is 6.42 Å². The van der Waals surface area contributed by atoms with E-state index in [1.54, 1.807) is 13.3 Å². The summed E-state index contributed by atoms with van der Waals surface area (Å²) in [6.07, 6.45) is 3.52. The maximum Gasteiger partial charge on any atom is 0.159 e. The van der Waals surface area contributed by atoms with Gasteiger partial charge in [0.05, 0.1) is 7.11 Å². The van der Waals surface area contributed by atoms with E-state index in [0.29, 0.717) is 0 Å². The lowest BCUT2D eigenvalue weighted by molar-refractivity contribution is 0.412. The van der Waals surface area contributed by atoms with Crippen LogP contribution >= 0.6 is 0 Å². The summed E-state index contributed by atoms with van der Waals surface area (Å²) in [5.74, 6) is 1.61. The largest absolute Gasteiger partial charge is 0.496 e. The van der Waals surface area contributed by atoms with Crippen LogP contribution in [0.2, 0.25) is 0 Å². The minimum Gasteiger partial charge on any atom is -0.496 e. The fraction of sp³-hybridized carbons (Fsp3) is 0.375. The number of rotatable bonds is 5. The number of ether oxygens (including phenoxy) is 1. The van der Waals surface area contributed by atoms with Gasteiger partial charge in [0, 0.05) is 29.9 Å². The molecule has 0 saturated heterocycles. The molecule has 0 amide bonds. The summed E-state index contributed by atoms with van der Waals surface area (Å²) in [5, 5.41) is 0. The van der Waals surface area contributed by atoms with Crippen LogP contribution in [0.5, 0.6) is 5.75 Å². The number of hydrogen-bond acceptors (Lipinski definition) is 4. The minimum absolute atomic E-state index is 0.148. The predicted molar refractivity (Wildman–Crippen MR) is 80.7 cm³/mol. The lowest BCUT2D eigenvalue weighted by atomic mass is 10.1. The summed E-state index contributed by atoms with van der Waals surface area (Å²) in [5.41, 5.74) is 9.03. The Labute approximate surface area is 120 Å². The van der Waals surface area contributed by atoms with Crippen molar-refractivity contribution in [3.05, 3.63) is 41.7 Å². The zero-order valence-electron chi connectivity index (χ0n) is 12.3. The molecule has 0 radical (unpaired) electrons. The molecular weight excluding hydrogens is 250 g/mol. The van der Waals surface area contributed by atoms with Gasteiger partial charge in [0.15, 0.2) is 5.82 Å². The van der Waals surface area contributed by atoms with Gasteiger partial charge in [-0.3, -0.25) is 0 Å². The van der Waals surface area contributed by atoms with Gasteiger partial charge in [-0.2, -0.15) is 0 Å². The van der Waals surface area contributed by atoms with Crippen molar-refractivity contribution in [1.82, 2.24) is 9.97 Å². The number of aromatic nitrogens is 2. The van der Waals surface area contributed by atoms with Gasteiger partial charge in [-0.1, -0.05) is 6.92 Å². The van der Waals surface area contributed by atoms with Crippen molar-refractivity contribution in [3.63, 3.8) is 0 Å². The third kappa shape index (κ3) is 3.33. The average Bonchev–Trinajstić information content (AvgIpc) is 2.47. The van der Waals surface area contributed by atoms with Crippen LogP contribution in [-0.4, -0.2) is 23.1 Å². The zero-order valence-corrected chi connectivity index (χ0v) is 12.3. The van der Waals surface area contributed by atoms with Crippen molar-refractivity contribution in [1.29, 1.82) is 0 Å². The number of methoxy groups -OCH3 is 1. The molecule has 4 nitrogen and oxygen atoms in total. The van der Waals surface area contributed by atoms with Gasteiger partial charge in [0.2, 0.25) is 0 Å². The highest BCUT2D eigenvalue weighted by Gasteiger charge is 2.08. The fourth-order valence-corrected chi connectivity index (χ4v) is 2.08. The average molecular weight is 271 g/mol. The molecule has 0 aliphatic heterocycles. The number of benzene rings is 1. The highest BCUT2D eigenvalue weighted by atomic mass is 16.5. The van der Waals surface area contributed by atoms with Gasteiger partial charge in [0.1, 0.15) is 5.75 Å². The van der Waals surface area contributed by atoms with Crippen LogP contribution < -0.4 is 10.5 Å². The van der Waals surface area contributed by atoms with Crippen LogP contribution in [0.4, 0.5) is 0 Å². The zero-order chi connectivity index (χ0) is 14.5. The molecule has 0 fully saturated rings. The molecule has 0 aliphatic rings.